The molecule has 10 heteroatoms. The number of nitro benzene ring substituents is 1. The van der Waals surface area contributed by atoms with Crippen LogP contribution in [-0.2, 0) is 10.0 Å². The van der Waals surface area contributed by atoms with Crippen molar-refractivity contribution in [1.82, 2.24) is 5.32 Å². The summed E-state index contributed by atoms with van der Waals surface area (Å²) in [5.74, 6) is -0.471. The van der Waals surface area contributed by atoms with Crippen molar-refractivity contribution in [2.45, 2.75) is 13.0 Å². The lowest BCUT2D eigenvalue weighted by atomic mass is 10.1. The molecule has 0 aromatic heterocycles. The molecule has 9 nitrogen and oxygen atoms in total. The zero-order valence-corrected chi connectivity index (χ0v) is 16.8. The number of nitrogens with one attached hydrogen (secondary N) is 2. The van der Waals surface area contributed by atoms with Crippen LogP contribution in [0.25, 0.3) is 0 Å². The van der Waals surface area contributed by atoms with Gasteiger partial charge in [0.05, 0.1) is 22.8 Å². The second-order valence-electron chi connectivity index (χ2n) is 6.55. The van der Waals surface area contributed by atoms with Crippen LogP contribution in [0.2, 0.25) is 0 Å². The zero-order valence-electron chi connectivity index (χ0n) is 16.0. The summed E-state index contributed by atoms with van der Waals surface area (Å²) in [5, 5.41) is 13.9. The van der Waals surface area contributed by atoms with E-state index in [1.54, 1.807) is 50.2 Å². The highest BCUT2D eigenvalue weighted by Crippen LogP contribution is 2.25. The van der Waals surface area contributed by atoms with Gasteiger partial charge in [0.15, 0.2) is 0 Å². The third kappa shape index (κ3) is 5.43. The predicted octanol–water partition coefficient (Wildman–Crippen LogP) is 2.52. The average molecular weight is 406 g/mol. The molecule has 0 fully saturated rings. The van der Waals surface area contributed by atoms with Crippen molar-refractivity contribution in [3.05, 3.63) is 63.7 Å². The molecular weight excluding hydrogens is 384 g/mol. The quantitative estimate of drug-likeness (QED) is 0.538. The summed E-state index contributed by atoms with van der Waals surface area (Å²) >= 11 is 0. The first kappa shape index (κ1) is 21.2. The van der Waals surface area contributed by atoms with Crippen molar-refractivity contribution >= 4 is 33.0 Å². The lowest BCUT2D eigenvalue weighted by molar-refractivity contribution is -0.384. The number of nitro groups is 1. The van der Waals surface area contributed by atoms with Crippen LogP contribution < -0.4 is 14.9 Å². The number of non-ortho nitro benzene ring substituents is 1. The number of carbonyl (C=O) groups excluding carboxylic acids is 1. The summed E-state index contributed by atoms with van der Waals surface area (Å²) < 4.78 is 25.2. The van der Waals surface area contributed by atoms with Crippen molar-refractivity contribution in [2.75, 3.05) is 30.0 Å². The van der Waals surface area contributed by atoms with Gasteiger partial charge in [-0.3, -0.25) is 19.6 Å². The molecule has 0 bridgehead atoms. The van der Waals surface area contributed by atoms with Crippen LogP contribution in [0, 0.1) is 10.1 Å². The van der Waals surface area contributed by atoms with E-state index >= 15 is 0 Å². The molecule has 0 radical (unpaired) electrons. The molecular formula is C18H22N4O5S. The molecule has 0 saturated carbocycles. The molecule has 1 amide bonds. The number of benzene rings is 2. The zero-order chi connectivity index (χ0) is 21.1. The van der Waals surface area contributed by atoms with Crippen LogP contribution in [-0.4, -0.2) is 39.6 Å². The maximum Gasteiger partial charge on any atom is 0.270 e. The number of anilines is 2. The Hall–Kier alpha value is -3.14. The third-order valence-corrected chi connectivity index (χ3v) is 4.56. The smallest absolute Gasteiger partial charge is 0.270 e. The predicted molar refractivity (Wildman–Crippen MR) is 108 cm³/mol. The van der Waals surface area contributed by atoms with Crippen LogP contribution >= 0.6 is 0 Å². The summed E-state index contributed by atoms with van der Waals surface area (Å²) in [6.07, 6.45) is 1.05. The van der Waals surface area contributed by atoms with Gasteiger partial charge in [-0.2, -0.15) is 0 Å². The van der Waals surface area contributed by atoms with Crippen molar-refractivity contribution < 1.29 is 18.1 Å². The summed E-state index contributed by atoms with van der Waals surface area (Å²) in [7, 11) is 0.0552. The molecule has 2 aromatic rings. The molecule has 0 spiro atoms. The van der Waals surface area contributed by atoms with Crippen LogP contribution in [0.15, 0.2) is 42.5 Å². The molecule has 28 heavy (non-hydrogen) atoms. The van der Waals surface area contributed by atoms with Gasteiger partial charge in [0.1, 0.15) is 0 Å². The normalized spacial score (nSPS) is 12.1. The lowest BCUT2D eigenvalue weighted by Gasteiger charge is -2.20. The van der Waals surface area contributed by atoms with E-state index in [1.165, 1.54) is 18.2 Å². The van der Waals surface area contributed by atoms with Gasteiger partial charge in [-0.15, -0.1) is 0 Å². The van der Waals surface area contributed by atoms with E-state index in [0.29, 0.717) is 16.9 Å². The molecule has 2 N–H and O–H groups in total. The van der Waals surface area contributed by atoms with Crippen molar-refractivity contribution in [1.29, 1.82) is 0 Å². The Morgan fingerprint density at radius 2 is 1.86 bits per heavy atom. The van der Waals surface area contributed by atoms with Crippen molar-refractivity contribution in [3.63, 3.8) is 0 Å². The minimum absolute atomic E-state index is 0.177. The molecule has 0 heterocycles. The molecule has 150 valence electrons. The first-order valence-electron chi connectivity index (χ1n) is 8.32. The SMILES string of the molecule is CC(NC(=O)c1cc([N+](=O)[O-])ccc1N(C)C)c1cccc(NS(C)(=O)=O)c1. The van der Waals surface area contributed by atoms with Gasteiger partial charge in [-0.1, -0.05) is 12.1 Å². The fourth-order valence-electron chi connectivity index (χ4n) is 2.65. The van der Waals surface area contributed by atoms with Crippen LogP contribution in [0.5, 0.6) is 0 Å². The molecule has 2 aromatic carbocycles. The number of amides is 1. The van der Waals surface area contributed by atoms with E-state index in [0.717, 1.165) is 6.26 Å². The minimum Gasteiger partial charge on any atom is -0.377 e. The molecule has 0 aliphatic carbocycles. The van der Waals surface area contributed by atoms with Gasteiger partial charge in [0.25, 0.3) is 11.6 Å². The van der Waals surface area contributed by atoms with E-state index in [9.17, 15) is 23.3 Å². The summed E-state index contributed by atoms with van der Waals surface area (Å²) in [6.45, 7) is 1.74. The Labute approximate surface area is 163 Å². The number of carbonyl (C=O) groups is 1. The monoisotopic (exact) mass is 406 g/mol. The first-order valence-corrected chi connectivity index (χ1v) is 10.2. The second-order valence-corrected chi connectivity index (χ2v) is 8.30. The topological polar surface area (TPSA) is 122 Å². The van der Waals surface area contributed by atoms with E-state index in [1.807, 2.05) is 0 Å². The fraction of sp³-hybridized carbons (Fsp3) is 0.278. The number of rotatable bonds is 7. The Morgan fingerprint density at radius 1 is 1.18 bits per heavy atom. The van der Waals surface area contributed by atoms with Gasteiger partial charge >= 0.3 is 0 Å². The van der Waals surface area contributed by atoms with Crippen LogP contribution in [0.3, 0.4) is 0 Å². The number of nitrogens with zero attached hydrogens (tertiary/aromatic N) is 2. The molecule has 0 aliphatic heterocycles. The summed E-state index contributed by atoms with van der Waals surface area (Å²) in [4.78, 5) is 25.0. The van der Waals surface area contributed by atoms with Crippen molar-refractivity contribution in [2.24, 2.45) is 0 Å². The Morgan fingerprint density at radius 3 is 2.43 bits per heavy atom. The van der Waals surface area contributed by atoms with Crippen molar-refractivity contribution in [3.8, 4) is 0 Å². The lowest BCUT2D eigenvalue weighted by Crippen LogP contribution is -2.28. The summed E-state index contributed by atoms with van der Waals surface area (Å²) in [6, 6.07) is 10.3. The fourth-order valence-corrected chi connectivity index (χ4v) is 3.21. The Balaban J connectivity index is 2.28. The minimum atomic E-state index is -3.42. The largest absolute Gasteiger partial charge is 0.377 e. The number of sulfonamides is 1. The number of hydrogen-bond acceptors (Lipinski definition) is 6. The van der Waals surface area contributed by atoms with E-state index < -0.39 is 26.9 Å². The maximum atomic E-state index is 12.8. The molecule has 1 unspecified atom stereocenters. The highest BCUT2D eigenvalue weighted by Gasteiger charge is 2.20. The van der Waals surface area contributed by atoms with Gasteiger partial charge < -0.3 is 10.2 Å². The van der Waals surface area contributed by atoms with E-state index in [4.69, 9.17) is 0 Å². The van der Waals surface area contributed by atoms with Crippen LogP contribution in [0.1, 0.15) is 28.9 Å². The molecule has 0 saturated heterocycles. The van der Waals surface area contributed by atoms with Gasteiger partial charge in [0, 0.05) is 37.6 Å². The maximum absolute atomic E-state index is 12.8. The third-order valence-electron chi connectivity index (χ3n) is 3.95. The van der Waals surface area contributed by atoms with Gasteiger partial charge in [-0.25, -0.2) is 8.42 Å². The standard InChI is InChI=1S/C18H22N4O5S/c1-12(13-6-5-7-14(10-13)20-28(4,26)27)19-18(23)16-11-15(22(24)25)8-9-17(16)21(2)3/h5-12,20H,1-4H3,(H,19,23). The first-order chi connectivity index (χ1) is 13.0. The van der Waals surface area contributed by atoms with Gasteiger partial charge in [0.2, 0.25) is 10.0 Å². The highest BCUT2D eigenvalue weighted by molar-refractivity contribution is 7.92. The van der Waals surface area contributed by atoms with E-state index in [2.05, 4.69) is 10.0 Å². The molecule has 1 atom stereocenters. The Kier molecular flexibility index (Phi) is 6.24. The second kappa shape index (κ2) is 8.26. The average Bonchev–Trinajstić information content (AvgIpc) is 2.59. The summed E-state index contributed by atoms with van der Waals surface area (Å²) in [5.41, 5.74) is 1.60. The number of hydrogen-bond donors (Lipinski definition) is 2. The molecule has 2 rings (SSSR count). The van der Waals surface area contributed by atoms with Gasteiger partial charge in [-0.05, 0) is 30.7 Å². The highest BCUT2D eigenvalue weighted by atomic mass is 32.2. The van der Waals surface area contributed by atoms with Crippen LogP contribution in [0.4, 0.5) is 17.1 Å². The Bertz CT molecular complexity index is 1000. The van der Waals surface area contributed by atoms with E-state index in [-0.39, 0.29) is 11.3 Å². The molecule has 0 aliphatic rings.